The maximum Gasteiger partial charge on any atom is 0.293 e. The molecule has 1 saturated carbocycles. The zero-order chi connectivity index (χ0) is 19.9. The molecule has 1 aromatic rings. The minimum Gasteiger partial charge on any atom is -0.378 e. The quantitative estimate of drug-likeness (QED) is 0.125. The number of nitro benzene ring substituents is 1. The molecule has 1 aliphatic rings. The van der Waals surface area contributed by atoms with E-state index in [0.717, 1.165) is 25.2 Å². The van der Waals surface area contributed by atoms with Crippen LogP contribution in [0.2, 0.25) is 0 Å². The lowest BCUT2D eigenvalue weighted by Crippen LogP contribution is -2.45. The maximum atomic E-state index is 11.6. The van der Waals surface area contributed by atoms with Crippen LogP contribution in [-0.2, 0) is 9.84 Å². The van der Waals surface area contributed by atoms with Crippen LogP contribution in [0.25, 0.3) is 0 Å². The number of sulfone groups is 1. The Kier molecular flexibility index (Phi) is 9.93. The largest absolute Gasteiger partial charge is 0.378 e. The topological polar surface area (TPSA) is 126 Å². The zero-order valence-corrected chi connectivity index (χ0v) is 19.2. The van der Waals surface area contributed by atoms with E-state index in [0.29, 0.717) is 25.1 Å². The number of rotatable bonds is 7. The van der Waals surface area contributed by atoms with E-state index in [-0.39, 0.29) is 40.2 Å². The molecule has 0 bridgehead atoms. The van der Waals surface area contributed by atoms with E-state index in [1.54, 1.807) is 7.05 Å². The molecule has 158 valence electrons. The summed E-state index contributed by atoms with van der Waals surface area (Å²) in [5, 5.41) is 20.8. The van der Waals surface area contributed by atoms with Gasteiger partial charge in [-0.05, 0) is 25.0 Å². The number of nitrogens with one attached hydrogen (secondary N) is 3. The van der Waals surface area contributed by atoms with Gasteiger partial charge in [-0.1, -0.05) is 19.3 Å². The predicted octanol–water partition coefficient (Wildman–Crippen LogP) is 2.53. The standard InChI is InChI=1S/C17H27N5O4S.HI/c1-18-17(21-13-6-4-3-5-7-13)20-11-10-19-15-9-8-14(27(2,25)26)12-16(15)22(23)24;/h8-9,12-13,19H,3-7,10-11H2,1-2H3,(H2,18,20,21);1H. The Morgan fingerprint density at radius 1 is 1.25 bits per heavy atom. The molecule has 3 N–H and O–H groups in total. The number of nitrogens with zero attached hydrogens (tertiary/aromatic N) is 2. The summed E-state index contributed by atoms with van der Waals surface area (Å²) in [4.78, 5) is 14.8. The van der Waals surface area contributed by atoms with Gasteiger partial charge < -0.3 is 16.0 Å². The van der Waals surface area contributed by atoms with Crippen molar-refractivity contribution in [2.45, 2.75) is 43.0 Å². The third-order valence-electron chi connectivity index (χ3n) is 4.50. The average Bonchev–Trinajstić information content (AvgIpc) is 2.64. The van der Waals surface area contributed by atoms with E-state index < -0.39 is 14.8 Å². The molecule has 0 aliphatic heterocycles. The van der Waals surface area contributed by atoms with Gasteiger partial charge in [0.05, 0.1) is 9.82 Å². The van der Waals surface area contributed by atoms with Crippen molar-refractivity contribution >= 4 is 51.1 Å². The van der Waals surface area contributed by atoms with Gasteiger partial charge in [-0.2, -0.15) is 0 Å². The third kappa shape index (κ3) is 7.41. The molecule has 0 heterocycles. The molecule has 1 aliphatic carbocycles. The van der Waals surface area contributed by atoms with Gasteiger partial charge in [-0.15, -0.1) is 24.0 Å². The van der Waals surface area contributed by atoms with Gasteiger partial charge in [-0.25, -0.2) is 8.42 Å². The van der Waals surface area contributed by atoms with Gasteiger partial charge in [0.15, 0.2) is 15.8 Å². The number of guanidine groups is 1. The number of nitro groups is 1. The van der Waals surface area contributed by atoms with Crippen molar-refractivity contribution in [3.05, 3.63) is 28.3 Å². The van der Waals surface area contributed by atoms with E-state index in [1.165, 1.54) is 31.4 Å². The zero-order valence-electron chi connectivity index (χ0n) is 16.1. The van der Waals surface area contributed by atoms with Crippen molar-refractivity contribution in [2.75, 3.05) is 31.7 Å². The van der Waals surface area contributed by atoms with Crippen molar-refractivity contribution in [1.82, 2.24) is 10.6 Å². The lowest BCUT2D eigenvalue weighted by Gasteiger charge is -2.24. The number of anilines is 1. The number of halogens is 1. The second-order valence-corrected chi connectivity index (χ2v) is 8.63. The van der Waals surface area contributed by atoms with Crippen LogP contribution in [-0.4, -0.2) is 51.7 Å². The minimum atomic E-state index is -3.50. The van der Waals surface area contributed by atoms with Crippen molar-refractivity contribution in [3.63, 3.8) is 0 Å². The van der Waals surface area contributed by atoms with Crippen LogP contribution in [0.4, 0.5) is 11.4 Å². The fourth-order valence-corrected chi connectivity index (χ4v) is 3.70. The Labute approximate surface area is 182 Å². The van der Waals surface area contributed by atoms with Gasteiger partial charge >= 0.3 is 0 Å². The molecule has 28 heavy (non-hydrogen) atoms. The summed E-state index contributed by atoms with van der Waals surface area (Å²) >= 11 is 0. The monoisotopic (exact) mass is 525 g/mol. The van der Waals surface area contributed by atoms with E-state index >= 15 is 0 Å². The van der Waals surface area contributed by atoms with Crippen molar-refractivity contribution in [1.29, 1.82) is 0 Å². The summed E-state index contributed by atoms with van der Waals surface area (Å²) in [7, 11) is -1.79. The fourth-order valence-electron chi connectivity index (χ4n) is 3.06. The third-order valence-corrected chi connectivity index (χ3v) is 5.61. The first-order valence-electron chi connectivity index (χ1n) is 9.01. The smallest absolute Gasteiger partial charge is 0.293 e. The van der Waals surface area contributed by atoms with Crippen LogP contribution in [0.3, 0.4) is 0 Å². The molecular weight excluding hydrogens is 497 g/mol. The first-order chi connectivity index (χ1) is 12.8. The Morgan fingerprint density at radius 3 is 2.50 bits per heavy atom. The molecule has 0 radical (unpaired) electrons. The molecule has 0 atom stereocenters. The first kappa shape index (κ1) is 24.4. The summed E-state index contributed by atoms with van der Waals surface area (Å²) in [6.07, 6.45) is 7.03. The molecule has 11 heteroatoms. The summed E-state index contributed by atoms with van der Waals surface area (Å²) in [5.41, 5.74) is 0.0204. The van der Waals surface area contributed by atoms with Gasteiger partial charge in [-0.3, -0.25) is 15.1 Å². The number of benzene rings is 1. The molecule has 2 rings (SSSR count). The molecule has 0 saturated heterocycles. The van der Waals surface area contributed by atoms with E-state index in [1.807, 2.05) is 0 Å². The second kappa shape index (κ2) is 11.4. The van der Waals surface area contributed by atoms with E-state index in [2.05, 4.69) is 20.9 Å². The summed E-state index contributed by atoms with van der Waals surface area (Å²) < 4.78 is 23.2. The Hall–Kier alpha value is -1.63. The summed E-state index contributed by atoms with van der Waals surface area (Å²) in [5.74, 6) is 0.714. The summed E-state index contributed by atoms with van der Waals surface area (Å²) in [6.45, 7) is 0.932. The van der Waals surface area contributed by atoms with Crippen LogP contribution in [0, 0.1) is 10.1 Å². The minimum absolute atomic E-state index is 0. The van der Waals surface area contributed by atoms with Crippen LogP contribution >= 0.6 is 24.0 Å². The average molecular weight is 525 g/mol. The van der Waals surface area contributed by atoms with Gasteiger partial charge in [0.2, 0.25) is 0 Å². The van der Waals surface area contributed by atoms with Crippen LogP contribution in [0.15, 0.2) is 28.1 Å². The van der Waals surface area contributed by atoms with E-state index in [4.69, 9.17) is 0 Å². The molecule has 9 nitrogen and oxygen atoms in total. The van der Waals surface area contributed by atoms with Crippen molar-refractivity contribution in [3.8, 4) is 0 Å². The fraction of sp³-hybridized carbons (Fsp3) is 0.588. The molecular formula is C17H28IN5O4S. The van der Waals surface area contributed by atoms with Gasteiger partial charge in [0.1, 0.15) is 5.69 Å². The first-order valence-corrected chi connectivity index (χ1v) is 10.9. The van der Waals surface area contributed by atoms with Crippen LogP contribution < -0.4 is 16.0 Å². The van der Waals surface area contributed by atoms with E-state index in [9.17, 15) is 18.5 Å². The highest BCUT2D eigenvalue weighted by atomic mass is 127. The Balaban J connectivity index is 0.00000392. The van der Waals surface area contributed by atoms with Crippen LogP contribution in [0.1, 0.15) is 32.1 Å². The lowest BCUT2D eigenvalue weighted by molar-refractivity contribution is -0.384. The lowest BCUT2D eigenvalue weighted by atomic mass is 9.96. The molecule has 1 fully saturated rings. The predicted molar refractivity (Wildman–Crippen MR) is 121 cm³/mol. The highest BCUT2D eigenvalue weighted by Crippen LogP contribution is 2.27. The Bertz CT molecular complexity index is 795. The number of hydrogen-bond donors (Lipinski definition) is 3. The number of hydrogen-bond acceptors (Lipinski definition) is 6. The number of aliphatic imine (C=N–C) groups is 1. The van der Waals surface area contributed by atoms with Crippen LogP contribution in [0.5, 0.6) is 0 Å². The van der Waals surface area contributed by atoms with Gasteiger partial charge in [0, 0.05) is 38.5 Å². The molecule has 0 amide bonds. The summed E-state index contributed by atoms with van der Waals surface area (Å²) in [6, 6.07) is 4.29. The van der Waals surface area contributed by atoms with Gasteiger partial charge in [0.25, 0.3) is 5.69 Å². The molecule has 0 spiro atoms. The maximum absolute atomic E-state index is 11.6. The highest BCUT2D eigenvalue weighted by molar-refractivity contribution is 14.0. The molecule has 0 unspecified atom stereocenters. The Morgan fingerprint density at radius 2 is 1.93 bits per heavy atom. The normalized spacial score (nSPS) is 15.4. The van der Waals surface area contributed by atoms with Crippen molar-refractivity contribution in [2.24, 2.45) is 4.99 Å². The SMILES string of the molecule is CN=C(NCCNc1ccc(S(C)(=O)=O)cc1[N+](=O)[O-])NC1CCCCC1.I. The second-order valence-electron chi connectivity index (χ2n) is 6.61. The molecule has 0 aromatic heterocycles. The van der Waals surface area contributed by atoms with Crippen molar-refractivity contribution < 1.29 is 13.3 Å². The molecule has 1 aromatic carbocycles. The highest BCUT2D eigenvalue weighted by Gasteiger charge is 2.18.